The van der Waals surface area contributed by atoms with E-state index in [0.29, 0.717) is 0 Å². The van der Waals surface area contributed by atoms with E-state index in [0.717, 1.165) is 10.9 Å². The maximum absolute atomic E-state index is 11.0. The first-order valence-corrected chi connectivity index (χ1v) is 2.96. The monoisotopic (exact) mass is 156 g/mol. The Morgan fingerprint density at radius 1 is 1.73 bits per heavy atom. The molecule has 0 spiro atoms. The van der Waals surface area contributed by atoms with Gasteiger partial charge in [0.05, 0.1) is 13.3 Å². The number of hydrogen-bond acceptors (Lipinski definition) is 4. The predicted octanol–water partition coefficient (Wildman–Crippen LogP) is -0.506. The number of nitrogens with zero attached hydrogens (tertiary/aromatic N) is 2. The molecule has 0 aliphatic rings. The number of methoxy groups -OCH3 is 1. The predicted molar refractivity (Wildman–Crippen MR) is 37.7 cm³/mol. The van der Waals surface area contributed by atoms with Crippen LogP contribution in [0, 0.1) is 0 Å². The average Bonchev–Trinajstić information content (AvgIpc) is 1.99. The molecule has 5 heteroatoms. The summed E-state index contributed by atoms with van der Waals surface area (Å²) in [4.78, 5) is 11.0. The van der Waals surface area contributed by atoms with Gasteiger partial charge in [0.1, 0.15) is 0 Å². The molecular formula is C6H8N2O3. The summed E-state index contributed by atoms with van der Waals surface area (Å²) >= 11 is 0. The zero-order chi connectivity index (χ0) is 8.43. The van der Waals surface area contributed by atoms with Gasteiger partial charge < -0.3 is 9.84 Å². The lowest BCUT2D eigenvalue weighted by molar-refractivity contribution is 0.358. The first-order valence-electron chi connectivity index (χ1n) is 2.96. The molecule has 0 amide bonds. The van der Waals surface area contributed by atoms with Crippen LogP contribution in [0.25, 0.3) is 0 Å². The number of ether oxygens (including phenoxy) is 1. The van der Waals surface area contributed by atoms with Gasteiger partial charge in [-0.15, -0.1) is 0 Å². The van der Waals surface area contributed by atoms with Crippen molar-refractivity contribution < 1.29 is 9.84 Å². The summed E-state index contributed by atoms with van der Waals surface area (Å²) in [7, 11) is 2.79. The molecule has 1 aromatic rings. The minimum absolute atomic E-state index is 0.0810. The van der Waals surface area contributed by atoms with E-state index in [-0.39, 0.29) is 11.5 Å². The molecule has 0 unspecified atom stereocenters. The number of aromatic nitrogens is 2. The van der Waals surface area contributed by atoms with Crippen LogP contribution in [0.5, 0.6) is 11.5 Å². The van der Waals surface area contributed by atoms with Gasteiger partial charge in [-0.05, 0) is 0 Å². The van der Waals surface area contributed by atoms with Crippen molar-refractivity contribution in [3.05, 3.63) is 16.6 Å². The Morgan fingerprint density at radius 3 is 2.82 bits per heavy atom. The summed E-state index contributed by atoms with van der Waals surface area (Å²) in [5.41, 5.74) is -0.451. The van der Waals surface area contributed by atoms with Crippen molar-refractivity contribution in [3.8, 4) is 11.5 Å². The highest BCUT2D eigenvalue weighted by Gasteiger charge is 2.07. The third-order valence-corrected chi connectivity index (χ3v) is 1.28. The van der Waals surface area contributed by atoms with Gasteiger partial charge in [0.2, 0.25) is 5.75 Å². The summed E-state index contributed by atoms with van der Waals surface area (Å²) < 4.78 is 5.72. The van der Waals surface area contributed by atoms with Gasteiger partial charge in [-0.3, -0.25) is 4.79 Å². The number of rotatable bonds is 1. The van der Waals surface area contributed by atoms with Crippen LogP contribution in [0.2, 0.25) is 0 Å². The van der Waals surface area contributed by atoms with Crippen LogP contribution in [0.1, 0.15) is 0 Å². The van der Waals surface area contributed by atoms with Crippen molar-refractivity contribution in [1.82, 2.24) is 9.78 Å². The van der Waals surface area contributed by atoms with E-state index in [1.54, 1.807) is 0 Å². The van der Waals surface area contributed by atoms with Gasteiger partial charge in [0.15, 0.2) is 5.75 Å². The fraction of sp³-hybridized carbons (Fsp3) is 0.333. The second-order valence-corrected chi connectivity index (χ2v) is 1.99. The topological polar surface area (TPSA) is 64.3 Å². The van der Waals surface area contributed by atoms with Crippen LogP contribution in [0.15, 0.2) is 11.0 Å². The van der Waals surface area contributed by atoms with E-state index in [1.807, 2.05) is 0 Å². The molecule has 0 fully saturated rings. The lowest BCUT2D eigenvalue weighted by Crippen LogP contribution is -2.20. The molecule has 0 aliphatic heterocycles. The largest absolute Gasteiger partial charge is 0.503 e. The van der Waals surface area contributed by atoms with Crippen LogP contribution in [0.4, 0.5) is 0 Å². The average molecular weight is 156 g/mol. The van der Waals surface area contributed by atoms with E-state index in [2.05, 4.69) is 9.84 Å². The van der Waals surface area contributed by atoms with Crippen LogP contribution in [0.3, 0.4) is 0 Å². The first kappa shape index (κ1) is 7.59. The highest BCUT2D eigenvalue weighted by Crippen LogP contribution is 2.16. The fourth-order valence-electron chi connectivity index (χ4n) is 0.701. The maximum atomic E-state index is 11.0. The second-order valence-electron chi connectivity index (χ2n) is 1.99. The molecule has 1 aromatic heterocycles. The quantitative estimate of drug-likeness (QED) is 0.595. The molecule has 1 N–H and O–H groups in total. The van der Waals surface area contributed by atoms with E-state index >= 15 is 0 Å². The zero-order valence-electron chi connectivity index (χ0n) is 6.24. The fourth-order valence-corrected chi connectivity index (χ4v) is 0.701. The Morgan fingerprint density at radius 2 is 2.36 bits per heavy atom. The summed E-state index contributed by atoms with van der Waals surface area (Å²) in [5.74, 6) is -0.321. The third kappa shape index (κ3) is 1.17. The number of hydrogen-bond donors (Lipinski definition) is 1. The molecule has 0 aromatic carbocycles. The van der Waals surface area contributed by atoms with Gasteiger partial charge >= 0.3 is 5.56 Å². The molecule has 60 valence electrons. The Balaban J connectivity index is 3.41. The molecule has 0 radical (unpaired) electrons. The summed E-state index contributed by atoms with van der Waals surface area (Å²) in [6.45, 7) is 0. The van der Waals surface area contributed by atoms with Gasteiger partial charge in [0, 0.05) is 7.05 Å². The van der Waals surface area contributed by atoms with Crippen molar-refractivity contribution in [2.24, 2.45) is 7.05 Å². The van der Waals surface area contributed by atoms with Crippen molar-refractivity contribution in [1.29, 1.82) is 0 Å². The SMILES string of the molecule is COc1c(O)cnn(C)c1=O. The lowest BCUT2D eigenvalue weighted by Gasteiger charge is -2.01. The van der Waals surface area contributed by atoms with Crippen LogP contribution < -0.4 is 10.3 Å². The zero-order valence-corrected chi connectivity index (χ0v) is 6.24. The molecule has 0 aliphatic carbocycles. The normalized spacial score (nSPS) is 9.64. The molecule has 1 rings (SSSR count). The van der Waals surface area contributed by atoms with Crippen molar-refractivity contribution >= 4 is 0 Å². The Hall–Kier alpha value is -1.52. The molecule has 11 heavy (non-hydrogen) atoms. The van der Waals surface area contributed by atoms with E-state index in [9.17, 15) is 4.79 Å². The Kier molecular flexibility index (Phi) is 1.80. The first-order chi connectivity index (χ1) is 5.16. The Bertz CT molecular complexity index is 318. The molecule has 5 nitrogen and oxygen atoms in total. The van der Waals surface area contributed by atoms with E-state index < -0.39 is 5.56 Å². The standard InChI is InChI=1S/C6H8N2O3/c1-8-6(10)5(11-2)4(9)3-7-8/h3,9H,1-2H3. The maximum Gasteiger partial charge on any atom is 0.312 e. The third-order valence-electron chi connectivity index (χ3n) is 1.28. The Labute approximate surface area is 62.8 Å². The lowest BCUT2D eigenvalue weighted by atomic mass is 10.5. The molecule has 1 heterocycles. The molecule has 0 saturated heterocycles. The second kappa shape index (κ2) is 2.61. The minimum Gasteiger partial charge on any atom is -0.503 e. The van der Waals surface area contributed by atoms with Crippen molar-refractivity contribution in [2.75, 3.05) is 7.11 Å². The van der Waals surface area contributed by atoms with Crippen LogP contribution in [-0.2, 0) is 7.05 Å². The summed E-state index contributed by atoms with van der Waals surface area (Å²) in [6.07, 6.45) is 1.15. The van der Waals surface area contributed by atoms with Crippen molar-refractivity contribution in [3.63, 3.8) is 0 Å². The smallest absolute Gasteiger partial charge is 0.312 e. The molecular weight excluding hydrogens is 148 g/mol. The number of aryl methyl sites for hydroxylation is 1. The van der Waals surface area contributed by atoms with E-state index in [1.165, 1.54) is 14.2 Å². The van der Waals surface area contributed by atoms with Gasteiger partial charge in [0.25, 0.3) is 0 Å². The molecule has 0 atom stereocenters. The van der Waals surface area contributed by atoms with Gasteiger partial charge in [-0.2, -0.15) is 5.10 Å². The van der Waals surface area contributed by atoms with Crippen LogP contribution in [-0.4, -0.2) is 22.0 Å². The summed E-state index contributed by atoms with van der Waals surface area (Å²) in [6, 6.07) is 0. The molecule has 0 saturated carbocycles. The highest BCUT2D eigenvalue weighted by molar-refractivity contribution is 5.32. The summed E-state index contributed by atoms with van der Waals surface area (Å²) in [5, 5.41) is 12.6. The van der Waals surface area contributed by atoms with E-state index in [4.69, 9.17) is 5.11 Å². The van der Waals surface area contributed by atoms with Gasteiger partial charge in [-0.1, -0.05) is 0 Å². The van der Waals surface area contributed by atoms with Gasteiger partial charge in [-0.25, -0.2) is 4.68 Å². The highest BCUT2D eigenvalue weighted by atomic mass is 16.5. The number of aromatic hydroxyl groups is 1. The molecule has 0 bridgehead atoms. The minimum atomic E-state index is -0.451. The van der Waals surface area contributed by atoms with Crippen LogP contribution >= 0.6 is 0 Å². The van der Waals surface area contributed by atoms with Crippen molar-refractivity contribution in [2.45, 2.75) is 0 Å².